The lowest BCUT2D eigenvalue weighted by Crippen LogP contribution is -2.30. The molecule has 7 nitrogen and oxygen atoms in total. The van der Waals surface area contributed by atoms with Crippen molar-refractivity contribution >= 4 is 17.7 Å². The molecule has 1 amide bonds. The number of hydrogen-bond donors (Lipinski definition) is 1. The van der Waals surface area contributed by atoms with E-state index in [2.05, 4.69) is 15.3 Å². The number of rotatable bonds is 6. The van der Waals surface area contributed by atoms with E-state index >= 15 is 0 Å². The van der Waals surface area contributed by atoms with Gasteiger partial charge >= 0.3 is 0 Å². The van der Waals surface area contributed by atoms with Crippen molar-refractivity contribution in [1.29, 1.82) is 0 Å². The zero-order valence-electron chi connectivity index (χ0n) is 13.5. The van der Waals surface area contributed by atoms with Gasteiger partial charge in [0, 0.05) is 47.8 Å². The summed E-state index contributed by atoms with van der Waals surface area (Å²) in [5.41, 5.74) is 1.22. The van der Waals surface area contributed by atoms with Gasteiger partial charge in [0.2, 0.25) is 5.91 Å². The second-order valence-corrected chi connectivity index (χ2v) is 5.30. The Kier molecular flexibility index (Phi) is 5.73. The predicted molar refractivity (Wildman–Crippen MR) is 91.1 cm³/mol. The van der Waals surface area contributed by atoms with Crippen molar-refractivity contribution in [3.05, 3.63) is 58.4 Å². The van der Waals surface area contributed by atoms with Gasteiger partial charge in [-0.3, -0.25) is 14.9 Å². The van der Waals surface area contributed by atoms with E-state index in [0.717, 1.165) is 6.42 Å². The molecule has 1 atom stereocenters. The molecule has 0 bridgehead atoms. The van der Waals surface area contributed by atoms with Crippen LogP contribution in [0.5, 0.6) is 0 Å². The molecule has 0 saturated carbocycles. The molecule has 24 heavy (non-hydrogen) atoms. The molecule has 1 aromatic heterocycles. The molecule has 1 aromatic carbocycles. The average molecular weight is 326 g/mol. The van der Waals surface area contributed by atoms with Gasteiger partial charge in [0.1, 0.15) is 0 Å². The summed E-state index contributed by atoms with van der Waals surface area (Å²) < 4.78 is 0. The number of nitrogens with zero attached hydrogens (tertiary/aromatic N) is 3. The van der Waals surface area contributed by atoms with Gasteiger partial charge in [-0.25, -0.2) is 9.97 Å². The van der Waals surface area contributed by atoms with E-state index < -0.39 is 4.92 Å². The maximum absolute atomic E-state index is 11.7. The summed E-state index contributed by atoms with van der Waals surface area (Å²) in [5, 5.41) is 13.6. The summed E-state index contributed by atoms with van der Waals surface area (Å²) in [6.07, 6.45) is 7.04. The predicted octanol–water partition coefficient (Wildman–Crippen LogP) is 2.98. The van der Waals surface area contributed by atoms with Crippen LogP contribution < -0.4 is 5.32 Å². The van der Waals surface area contributed by atoms with Crippen LogP contribution in [0.4, 0.5) is 5.69 Å². The number of nitro benzene ring substituents is 1. The van der Waals surface area contributed by atoms with Gasteiger partial charge in [-0.15, -0.1) is 0 Å². The second-order valence-electron chi connectivity index (χ2n) is 5.30. The summed E-state index contributed by atoms with van der Waals surface area (Å²) >= 11 is 0. The van der Waals surface area contributed by atoms with Crippen LogP contribution in [0, 0.1) is 10.1 Å². The van der Waals surface area contributed by atoms with Gasteiger partial charge in [0.25, 0.3) is 5.69 Å². The molecule has 0 aliphatic heterocycles. The zero-order chi connectivity index (χ0) is 17.5. The Bertz CT molecular complexity index is 757. The maximum Gasteiger partial charge on any atom is 0.270 e. The Hall–Kier alpha value is -3.09. The molecule has 0 unspecified atom stereocenters. The largest absolute Gasteiger partial charge is 0.350 e. The minimum absolute atomic E-state index is 0.0122. The minimum atomic E-state index is -0.462. The molecule has 124 valence electrons. The van der Waals surface area contributed by atoms with Crippen molar-refractivity contribution in [1.82, 2.24) is 15.3 Å². The van der Waals surface area contributed by atoms with Crippen molar-refractivity contribution < 1.29 is 9.72 Å². The number of carbonyl (C=O) groups is 1. The van der Waals surface area contributed by atoms with Gasteiger partial charge in [0.05, 0.1) is 4.92 Å². The molecule has 1 N–H and O–H groups in total. The number of aromatic nitrogens is 2. The number of benzene rings is 1. The molecule has 2 rings (SSSR count). The molecule has 0 aliphatic rings. The normalized spacial score (nSPS) is 12.1. The van der Waals surface area contributed by atoms with Gasteiger partial charge in [-0.2, -0.15) is 0 Å². The van der Waals surface area contributed by atoms with E-state index in [1.165, 1.54) is 18.2 Å². The first-order valence-corrected chi connectivity index (χ1v) is 7.55. The van der Waals surface area contributed by atoms with E-state index in [4.69, 9.17) is 0 Å². The Morgan fingerprint density at radius 3 is 2.71 bits per heavy atom. The number of nitro groups is 1. The molecule has 1 heterocycles. The van der Waals surface area contributed by atoms with Gasteiger partial charge in [0.15, 0.2) is 5.82 Å². The van der Waals surface area contributed by atoms with Gasteiger partial charge in [-0.05, 0) is 19.4 Å². The third-order valence-corrected chi connectivity index (χ3v) is 3.42. The summed E-state index contributed by atoms with van der Waals surface area (Å²) in [6, 6.07) is 6.25. The minimum Gasteiger partial charge on any atom is -0.350 e. The number of carbonyl (C=O) groups excluding carboxylic acids is 1. The topological polar surface area (TPSA) is 98.0 Å². The van der Waals surface area contributed by atoms with Crippen molar-refractivity contribution in [2.45, 2.75) is 26.3 Å². The molecular formula is C17H18N4O3. The highest BCUT2D eigenvalue weighted by molar-refractivity contribution is 5.91. The maximum atomic E-state index is 11.7. The van der Waals surface area contributed by atoms with E-state index in [9.17, 15) is 14.9 Å². The van der Waals surface area contributed by atoms with E-state index in [1.807, 2.05) is 13.8 Å². The highest BCUT2D eigenvalue weighted by Gasteiger charge is 2.08. The lowest BCUT2D eigenvalue weighted by atomic mass is 10.2. The third-order valence-electron chi connectivity index (χ3n) is 3.42. The monoisotopic (exact) mass is 326 g/mol. The van der Waals surface area contributed by atoms with Crippen molar-refractivity contribution in [3.63, 3.8) is 0 Å². The van der Waals surface area contributed by atoms with E-state index in [-0.39, 0.29) is 17.6 Å². The molecule has 0 radical (unpaired) electrons. The molecule has 0 saturated heterocycles. The Labute approximate surface area is 139 Å². The van der Waals surface area contributed by atoms with Gasteiger partial charge in [-0.1, -0.05) is 19.1 Å². The first-order chi connectivity index (χ1) is 11.5. The summed E-state index contributed by atoms with van der Waals surface area (Å²) in [5.74, 6) is 0.215. The van der Waals surface area contributed by atoms with Crippen LogP contribution in [-0.2, 0) is 4.79 Å². The smallest absolute Gasteiger partial charge is 0.270 e. The van der Waals surface area contributed by atoms with Crippen LogP contribution in [0.1, 0.15) is 25.8 Å². The van der Waals surface area contributed by atoms with Crippen LogP contribution >= 0.6 is 0 Å². The molecule has 0 spiro atoms. The van der Waals surface area contributed by atoms with Crippen LogP contribution in [0.2, 0.25) is 0 Å². The lowest BCUT2D eigenvalue weighted by Gasteiger charge is -2.08. The Morgan fingerprint density at radius 2 is 2.08 bits per heavy atom. The summed E-state index contributed by atoms with van der Waals surface area (Å²) in [4.78, 5) is 30.4. The zero-order valence-corrected chi connectivity index (χ0v) is 13.5. The van der Waals surface area contributed by atoms with E-state index in [1.54, 1.807) is 30.6 Å². The fourth-order valence-electron chi connectivity index (χ4n) is 1.90. The first kappa shape index (κ1) is 17.3. The van der Waals surface area contributed by atoms with Crippen LogP contribution in [0.15, 0.2) is 42.7 Å². The summed E-state index contributed by atoms with van der Waals surface area (Å²) in [6.45, 7) is 3.93. The van der Waals surface area contributed by atoms with E-state index in [0.29, 0.717) is 17.0 Å². The van der Waals surface area contributed by atoms with Crippen LogP contribution in [0.3, 0.4) is 0 Å². The molecular weight excluding hydrogens is 308 g/mol. The van der Waals surface area contributed by atoms with Gasteiger partial charge < -0.3 is 5.32 Å². The number of nitrogens with one attached hydrogen (secondary N) is 1. The van der Waals surface area contributed by atoms with Crippen LogP contribution in [-0.4, -0.2) is 26.8 Å². The molecule has 7 heteroatoms. The number of non-ortho nitro benzene ring substituents is 1. The van der Waals surface area contributed by atoms with Crippen molar-refractivity contribution in [2.24, 2.45) is 0 Å². The van der Waals surface area contributed by atoms with Crippen molar-refractivity contribution in [2.75, 3.05) is 0 Å². The fourth-order valence-corrected chi connectivity index (χ4v) is 1.90. The average Bonchev–Trinajstić information content (AvgIpc) is 2.60. The Morgan fingerprint density at radius 1 is 1.38 bits per heavy atom. The lowest BCUT2D eigenvalue weighted by molar-refractivity contribution is -0.384. The third kappa shape index (κ3) is 4.70. The highest BCUT2D eigenvalue weighted by atomic mass is 16.6. The molecule has 0 aliphatic carbocycles. The highest BCUT2D eigenvalue weighted by Crippen LogP contribution is 2.20. The number of hydrogen-bond acceptors (Lipinski definition) is 5. The first-order valence-electron chi connectivity index (χ1n) is 7.55. The standard InChI is InChI=1S/C17H18N4O3/c1-3-12(2)20-16(22)8-7-13-10-18-17(19-11-13)14-5-4-6-15(9-14)21(23)24/h4-12H,3H2,1-2H3,(H,20,22)/b8-7+/t12-/m0/s1. The van der Waals surface area contributed by atoms with Crippen molar-refractivity contribution in [3.8, 4) is 11.4 Å². The Balaban J connectivity index is 2.09. The quantitative estimate of drug-likeness (QED) is 0.500. The van der Waals surface area contributed by atoms with Crippen LogP contribution in [0.25, 0.3) is 17.5 Å². The number of amides is 1. The SMILES string of the molecule is CC[C@H](C)NC(=O)/C=C/c1cnc(-c2cccc([N+](=O)[O-])c2)nc1. The summed E-state index contributed by atoms with van der Waals surface area (Å²) in [7, 11) is 0. The molecule has 2 aromatic rings. The fraction of sp³-hybridized carbons (Fsp3) is 0.235. The molecule has 0 fully saturated rings. The second kappa shape index (κ2) is 7.96.